The molecule has 4 nitrogen and oxygen atoms in total. The predicted molar refractivity (Wildman–Crippen MR) is 103 cm³/mol. The second kappa shape index (κ2) is 13.5. The van der Waals surface area contributed by atoms with Crippen LogP contribution in [0.5, 0.6) is 5.75 Å². The average molecular weight is 347 g/mol. The van der Waals surface area contributed by atoms with E-state index < -0.39 is 0 Å². The highest BCUT2D eigenvalue weighted by molar-refractivity contribution is 6.36. The van der Waals surface area contributed by atoms with Gasteiger partial charge < -0.3 is 9.94 Å². The lowest BCUT2D eigenvalue weighted by molar-refractivity contribution is 0.106. The molecule has 140 valence electrons. The van der Waals surface area contributed by atoms with Gasteiger partial charge in [-0.25, -0.2) is 0 Å². The molecular weight excluding hydrogens is 314 g/mol. The third-order valence-electron chi connectivity index (χ3n) is 4.37. The molecule has 1 aromatic rings. The number of unbranched alkanes of at least 4 members (excludes halogenated alkanes) is 8. The molecule has 0 spiro atoms. The Morgan fingerprint density at radius 3 is 2.32 bits per heavy atom. The van der Waals surface area contributed by atoms with Crippen LogP contribution in [0.25, 0.3) is 0 Å². The molecule has 0 saturated heterocycles. The molecule has 1 rings (SSSR count). The Bertz CT molecular complexity index is 514. The van der Waals surface area contributed by atoms with Crippen LogP contribution in [0.15, 0.2) is 29.4 Å². The summed E-state index contributed by atoms with van der Waals surface area (Å²) in [6, 6.07) is 7.08. The molecule has 0 bridgehead atoms. The number of Topliss-reactive ketones (excluding diaryl/α,β-unsaturated/α-hetero) is 1. The van der Waals surface area contributed by atoms with E-state index in [1.807, 2.05) is 13.0 Å². The van der Waals surface area contributed by atoms with Crippen molar-refractivity contribution in [3.8, 4) is 5.75 Å². The highest BCUT2D eigenvalue weighted by atomic mass is 16.5. The number of carbonyl (C=O) groups excluding carboxylic acids is 1. The molecule has 0 aliphatic heterocycles. The largest absolute Gasteiger partial charge is 0.490 e. The third kappa shape index (κ3) is 9.28. The van der Waals surface area contributed by atoms with Gasteiger partial charge >= 0.3 is 0 Å². The molecule has 0 heterocycles. The van der Waals surface area contributed by atoms with E-state index in [2.05, 4.69) is 12.1 Å². The molecule has 1 N–H and O–H groups in total. The smallest absolute Gasteiger partial charge is 0.211 e. The van der Waals surface area contributed by atoms with Crippen LogP contribution in [0, 0.1) is 0 Å². The maximum atomic E-state index is 11.9. The van der Waals surface area contributed by atoms with Crippen molar-refractivity contribution in [2.75, 3.05) is 0 Å². The van der Waals surface area contributed by atoms with Crippen molar-refractivity contribution >= 4 is 12.0 Å². The van der Waals surface area contributed by atoms with E-state index in [0.717, 1.165) is 19.1 Å². The van der Waals surface area contributed by atoms with Crippen LogP contribution >= 0.6 is 0 Å². The van der Waals surface area contributed by atoms with Gasteiger partial charge in [-0.15, -0.1) is 0 Å². The molecule has 1 atom stereocenters. The van der Waals surface area contributed by atoms with Crippen molar-refractivity contribution in [2.45, 2.75) is 84.2 Å². The molecule has 0 amide bonds. The minimum absolute atomic E-state index is 0.0598. The van der Waals surface area contributed by atoms with Crippen LogP contribution in [0.2, 0.25) is 0 Å². The van der Waals surface area contributed by atoms with E-state index in [1.165, 1.54) is 51.4 Å². The van der Waals surface area contributed by atoms with E-state index in [-0.39, 0.29) is 11.9 Å². The van der Waals surface area contributed by atoms with Crippen molar-refractivity contribution in [1.29, 1.82) is 0 Å². The first-order valence-electron chi connectivity index (χ1n) is 9.66. The molecule has 4 heteroatoms. The predicted octanol–water partition coefficient (Wildman–Crippen LogP) is 6.02. The molecule has 0 fully saturated rings. The highest BCUT2D eigenvalue weighted by Gasteiger charge is 2.13. The van der Waals surface area contributed by atoms with Crippen molar-refractivity contribution in [3.63, 3.8) is 0 Å². The fraction of sp³-hybridized carbons (Fsp3) is 0.619. The summed E-state index contributed by atoms with van der Waals surface area (Å²) in [5, 5.41) is 11.3. The number of ketones is 1. The summed E-state index contributed by atoms with van der Waals surface area (Å²) >= 11 is 0. The monoisotopic (exact) mass is 347 g/mol. The lowest BCUT2D eigenvalue weighted by atomic mass is 10.1. The highest BCUT2D eigenvalue weighted by Crippen LogP contribution is 2.21. The molecule has 0 saturated carbocycles. The van der Waals surface area contributed by atoms with Crippen LogP contribution in [0.1, 0.15) is 88.4 Å². The molecular formula is C21H33NO3. The van der Waals surface area contributed by atoms with E-state index in [9.17, 15) is 4.79 Å². The van der Waals surface area contributed by atoms with Gasteiger partial charge in [0.15, 0.2) is 0 Å². The summed E-state index contributed by atoms with van der Waals surface area (Å²) in [6.45, 7) is 4.28. The first-order valence-corrected chi connectivity index (χ1v) is 9.66. The van der Waals surface area contributed by atoms with Crippen LogP contribution in [-0.2, 0) is 0 Å². The number of oxime groups is 1. The number of hydrogen-bond donors (Lipinski definition) is 1. The van der Waals surface area contributed by atoms with Crippen LogP contribution in [0.4, 0.5) is 0 Å². The molecule has 0 aromatic heterocycles. The number of benzene rings is 1. The molecule has 1 unspecified atom stereocenters. The number of rotatable bonds is 14. The first kappa shape index (κ1) is 21.2. The Morgan fingerprint density at radius 2 is 1.68 bits per heavy atom. The van der Waals surface area contributed by atoms with Crippen molar-refractivity contribution < 1.29 is 14.7 Å². The Labute approximate surface area is 152 Å². The lowest BCUT2D eigenvalue weighted by Gasteiger charge is -2.16. The zero-order valence-electron chi connectivity index (χ0n) is 15.7. The Kier molecular flexibility index (Phi) is 11.4. The average Bonchev–Trinajstić information content (AvgIpc) is 2.61. The van der Waals surface area contributed by atoms with E-state index in [4.69, 9.17) is 9.94 Å². The lowest BCUT2D eigenvalue weighted by Crippen LogP contribution is -2.14. The molecule has 1 aromatic carbocycles. The van der Waals surface area contributed by atoms with Gasteiger partial charge in [0.05, 0.1) is 11.7 Å². The number of nitrogens with zero attached hydrogens (tertiary/aromatic N) is 1. The van der Waals surface area contributed by atoms with E-state index >= 15 is 0 Å². The van der Waals surface area contributed by atoms with E-state index in [1.54, 1.807) is 18.2 Å². The fourth-order valence-electron chi connectivity index (χ4n) is 2.91. The van der Waals surface area contributed by atoms with Crippen molar-refractivity contribution in [3.05, 3.63) is 29.8 Å². The van der Waals surface area contributed by atoms with Gasteiger partial charge in [0.1, 0.15) is 12.0 Å². The van der Waals surface area contributed by atoms with Gasteiger partial charge in [0.2, 0.25) is 5.78 Å². The molecule has 25 heavy (non-hydrogen) atoms. The number of hydrogen-bond acceptors (Lipinski definition) is 4. The second-order valence-electron chi connectivity index (χ2n) is 6.65. The maximum Gasteiger partial charge on any atom is 0.211 e. The Balaban J connectivity index is 2.24. The normalized spacial score (nSPS) is 12.4. The van der Waals surface area contributed by atoms with Gasteiger partial charge in [-0.1, -0.05) is 75.6 Å². The summed E-state index contributed by atoms with van der Waals surface area (Å²) < 4.78 is 5.92. The van der Waals surface area contributed by atoms with Gasteiger partial charge in [-0.05, 0) is 31.9 Å². The van der Waals surface area contributed by atoms with Gasteiger partial charge in [-0.3, -0.25) is 4.79 Å². The zero-order chi connectivity index (χ0) is 18.3. The number of para-hydroxylation sites is 1. The molecule has 0 aliphatic rings. The third-order valence-corrected chi connectivity index (χ3v) is 4.37. The first-order chi connectivity index (χ1) is 12.2. The second-order valence-corrected chi connectivity index (χ2v) is 6.65. The summed E-state index contributed by atoms with van der Waals surface area (Å²) in [6.07, 6.45) is 13.7. The summed E-state index contributed by atoms with van der Waals surface area (Å²) in [5.74, 6) is 0.198. The Morgan fingerprint density at radius 1 is 1.08 bits per heavy atom. The topological polar surface area (TPSA) is 58.9 Å². The minimum atomic E-state index is -0.353. The van der Waals surface area contributed by atoms with Gasteiger partial charge in [-0.2, -0.15) is 0 Å². The maximum absolute atomic E-state index is 11.9. The van der Waals surface area contributed by atoms with Crippen molar-refractivity contribution in [1.82, 2.24) is 0 Å². The van der Waals surface area contributed by atoms with Crippen LogP contribution in [0.3, 0.4) is 0 Å². The van der Waals surface area contributed by atoms with E-state index in [0.29, 0.717) is 11.3 Å². The molecule has 0 radical (unpaired) electrons. The summed E-state index contributed by atoms with van der Waals surface area (Å²) in [4.78, 5) is 11.9. The quantitative estimate of drug-likeness (QED) is 0.147. The van der Waals surface area contributed by atoms with Crippen molar-refractivity contribution in [2.24, 2.45) is 5.16 Å². The Hall–Kier alpha value is -1.84. The standard InChI is InChI=1S/C21H33NO3/c1-3-4-5-6-7-8-9-10-11-14-18(2)25-21-16-13-12-15-19(21)20(23)17-22-24/h12-13,15-18,24H,3-11,14H2,1-2H3. The summed E-state index contributed by atoms with van der Waals surface area (Å²) in [5.41, 5.74) is 0.430. The summed E-state index contributed by atoms with van der Waals surface area (Å²) in [7, 11) is 0. The minimum Gasteiger partial charge on any atom is -0.490 e. The number of carbonyl (C=O) groups is 1. The zero-order valence-corrected chi connectivity index (χ0v) is 15.7. The van der Waals surface area contributed by atoms with Crippen LogP contribution in [-0.4, -0.2) is 23.3 Å². The fourth-order valence-corrected chi connectivity index (χ4v) is 2.91. The van der Waals surface area contributed by atoms with Gasteiger partial charge in [0, 0.05) is 0 Å². The van der Waals surface area contributed by atoms with Crippen LogP contribution < -0.4 is 4.74 Å². The SMILES string of the molecule is CCCCCCCCCCCC(C)Oc1ccccc1C(=O)C=NO. The van der Waals surface area contributed by atoms with Gasteiger partial charge in [0.25, 0.3) is 0 Å². The number of ether oxygens (including phenoxy) is 1. The molecule has 0 aliphatic carbocycles.